The highest BCUT2D eigenvalue weighted by molar-refractivity contribution is 7.47. The summed E-state index contributed by atoms with van der Waals surface area (Å²) in [4.78, 5) is 19.9. The second-order valence-electron chi connectivity index (χ2n) is 8.14. The second-order valence-corrected chi connectivity index (χ2v) is 9.54. The van der Waals surface area contributed by atoms with Crippen molar-refractivity contribution >= 4 is 14.1 Å². The standard InChI is InChI=1S/C16H16F17O9P/c17-9(18,1-2-41-43(39,40)42-8(6(37)4-35)7(38)5(36)3-34)10(19,20)11(21,22)12(23,24)13(25,26)14(27,28)15(29,30)16(31,32)33/h4-8,34,36-38H,1-3H2,(H,39,40)/t5-,6+,7-,8+/m1/s1. The van der Waals surface area contributed by atoms with E-state index in [0.29, 0.717) is 0 Å². The van der Waals surface area contributed by atoms with E-state index in [-0.39, 0.29) is 0 Å². The molecule has 0 saturated heterocycles. The molecule has 0 spiro atoms. The zero-order valence-electron chi connectivity index (χ0n) is 19.7. The first-order chi connectivity index (χ1) is 18.7. The van der Waals surface area contributed by atoms with Crippen molar-refractivity contribution in [3.05, 3.63) is 0 Å². The first-order valence-corrected chi connectivity index (χ1v) is 11.7. The number of alkyl halides is 17. The van der Waals surface area contributed by atoms with Gasteiger partial charge in [-0.25, -0.2) is 4.57 Å². The summed E-state index contributed by atoms with van der Waals surface area (Å²) in [5, 5.41) is 36.7. The molecule has 0 heterocycles. The van der Waals surface area contributed by atoms with Crippen LogP contribution in [0.4, 0.5) is 74.6 Å². The topological polar surface area (TPSA) is 154 Å². The van der Waals surface area contributed by atoms with Crippen LogP contribution < -0.4 is 0 Å². The molecule has 0 radical (unpaired) electrons. The fourth-order valence-corrected chi connectivity index (χ4v) is 3.50. The number of phosphoric ester groups is 1. The first-order valence-electron chi connectivity index (χ1n) is 10.2. The maximum absolute atomic E-state index is 13.8. The molecule has 0 aliphatic rings. The molecule has 0 aromatic rings. The van der Waals surface area contributed by atoms with Crippen LogP contribution in [0.2, 0.25) is 0 Å². The number of carbonyl (C=O) groups is 1. The molecule has 0 saturated carbocycles. The summed E-state index contributed by atoms with van der Waals surface area (Å²) in [7, 11) is -6.21. The molecule has 0 aliphatic carbocycles. The van der Waals surface area contributed by atoms with Crippen LogP contribution in [0, 0.1) is 0 Å². The number of hydrogen-bond acceptors (Lipinski definition) is 8. The molecule has 1 unspecified atom stereocenters. The largest absolute Gasteiger partial charge is 0.472 e. The van der Waals surface area contributed by atoms with E-state index in [0.717, 1.165) is 0 Å². The number of carbonyl (C=O) groups excluding carboxylic acids is 1. The SMILES string of the molecule is O=C[C@H](O)[C@H](OP(=O)(O)OCCC(F)(F)C(F)(F)C(F)(F)C(F)(F)C(F)(F)C(F)(F)C(F)(F)C(F)(F)F)[C@H](O)[C@H](O)CO. The van der Waals surface area contributed by atoms with Gasteiger partial charge in [-0.05, 0) is 0 Å². The Balaban J connectivity index is 6.22. The number of hydrogen-bond donors (Lipinski definition) is 5. The Morgan fingerprint density at radius 2 is 1.05 bits per heavy atom. The Morgan fingerprint density at radius 1 is 0.674 bits per heavy atom. The van der Waals surface area contributed by atoms with Gasteiger partial charge in [-0.3, -0.25) is 9.05 Å². The third-order valence-corrected chi connectivity index (χ3v) is 6.13. The van der Waals surface area contributed by atoms with Crippen LogP contribution in [0.15, 0.2) is 0 Å². The average molecular weight is 706 g/mol. The number of halogens is 17. The fraction of sp³-hybridized carbons (Fsp3) is 0.938. The van der Waals surface area contributed by atoms with Gasteiger partial charge in [-0.15, -0.1) is 0 Å². The van der Waals surface area contributed by atoms with E-state index < -0.39 is 106 Å². The summed E-state index contributed by atoms with van der Waals surface area (Å²) >= 11 is 0. The summed E-state index contributed by atoms with van der Waals surface area (Å²) in [6, 6.07) is 0. The molecular weight excluding hydrogens is 690 g/mol. The minimum atomic E-state index is -8.85. The van der Waals surface area contributed by atoms with Gasteiger partial charge in [0.1, 0.15) is 24.4 Å². The lowest BCUT2D eigenvalue weighted by Gasteiger charge is -2.42. The lowest BCUT2D eigenvalue weighted by atomic mass is 9.88. The molecule has 0 aromatic heterocycles. The van der Waals surface area contributed by atoms with Crippen molar-refractivity contribution in [2.75, 3.05) is 13.2 Å². The van der Waals surface area contributed by atoms with Crippen LogP contribution >= 0.6 is 7.82 Å². The number of rotatable bonds is 17. The van der Waals surface area contributed by atoms with E-state index in [1.807, 2.05) is 0 Å². The molecule has 0 aliphatic heterocycles. The zero-order valence-corrected chi connectivity index (χ0v) is 20.6. The van der Waals surface area contributed by atoms with E-state index in [1.165, 1.54) is 0 Å². The van der Waals surface area contributed by atoms with E-state index in [9.17, 15) is 104 Å². The summed E-state index contributed by atoms with van der Waals surface area (Å²) in [5.41, 5.74) is 0. The fourth-order valence-electron chi connectivity index (χ4n) is 2.56. The van der Waals surface area contributed by atoms with Gasteiger partial charge in [-0.1, -0.05) is 0 Å². The van der Waals surface area contributed by atoms with Crippen LogP contribution in [0.25, 0.3) is 0 Å². The Hall–Kier alpha value is -1.57. The molecule has 5 atom stereocenters. The highest BCUT2D eigenvalue weighted by atomic mass is 31.2. The predicted octanol–water partition coefficient (Wildman–Crippen LogP) is 3.16. The monoisotopic (exact) mass is 706 g/mol. The molecular formula is C16H16F17O9P. The van der Waals surface area contributed by atoms with Crippen molar-refractivity contribution in [1.82, 2.24) is 0 Å². The van der Waals surface area contributed by atoms with Crippen molar-refractivity contribution in [1.29, 1.82) is 0 Å². The van der Waals surface area contributed by atoms with Crippen LogP contribution in [-0.2, 0) is 18.4 Å². The Morgan fingerprint density at radius 3 is 1.40 bits per heavy atom. The third-order valence-electron chi connectivity index (χ3n) is 5.11. The molecule has 5 N–H and O–H groups in total. The molecule has 0 rings (SSSR count). The van der Waals surface area contributed by atoms with E-state index in [4.69, 9.17) is 5.11 Å². The summed E-state index contributed by atoms with van der Waals surface area (Å²) in [5.74, 6) is -58.4. The highest BCUT2D eigenvalue weighted by Gasteiger charge is 2.95. The molecule has 9 nitrogen and oxygen atoms in total. The van der Waals surface area contributed by atoms with E-state index in [2.05, 4.69) is 9.05 Å². The van der Waals surface area contributed by atoms with Crippen molar-refractivity contribution < 1.29 is 118 Å². The van der Waals surface area contributed by atoms with E-state index in [1.54, 1.807) is 0 Å². The van der Waals surface area contributed by atoms with E-state index >= 15 is 0 Å². The zero-order chi connectivity index (χ0) is 35.1. The Kier molecular flexibility index (Phi) is 12.2. The van der Waals surface area contributed by atoms with Gasteiger partial charge in [0.25, 0.3) is 0 Å². The average Bonchev–Trinajstić information content (AvgIpc) is 2.84. The van der Waals surface area contributed by atoms with Gasteiger partial charge in [0.05, 0.1) is 13.2 Å². The first kappa shape index (κ1) is 41.4. The Labute approximate surface area is 225 Å². The van der Waals surface area contributed by atoms with Gasteiger partial charge in [0.15, 0.2) is 6.29 Å². The minimum absolute atomic E-state index is 0.598. The predicted molar refractivity (Wildman–Crippen MR) is 97.1 cm³/mol. The van der Waals surface area contributed by atoms with Crippen LogP contribution in [-0.4, -0.2) is 117 Å². The van der Waals surface area contributed by atoms with Crippen LogP contribution in [0.1, 0.15) is 6.42 Å². The van der Waals surface area contributed by atoms with Crippen LogP contribution in [0.5, 0.6) is 0 Å². The normalized spacial score (nSPS) is 19.4. The third kappa shape index (κ3) is 7.30. The summed E-state index contributed by atoms with van der Waals surface area (Å²) in [6.07, 6.45) is -22.5. The lowest BCUT2D eigenvalue weighted by molar-refractivity contribution is -0.461. The lowest BCUT2D eigenvalue weighted by Crippen LogP contribution is -2.74. The molecule has 43 heavy (non-hydrogen) atoms. The summed E-state index contributed by atoms with van der Waals surface area (Å²) in [6.45, 7) is -4.03. The summed E-state index contributed by atoms with van der Waals surface area (Å²) < 4.78 is 244. The van der Waals surface area contributed by atoms with Crippen molar-refractivity contribution in [3.8, 4) is 0 Å². The molecule has 258 valence electrons. The van der Waals surface area contributed by atoms with Gasteiger partial charge in [-0.2, -0.15) is 74.6 Å². The molecule has 27 heteroatoms. The molecule has 0 bridgehead atoms. The highest BCUT2D eigenvalue weighted by Crippen LogP contribution is 2.64. The van der Waals surface area contributed by atoms with Gasteiger partial charge >= 0.3 is 55.5 Å². The Bertz CT molecular complexity index is 1010. The second kappa shape index (κ2) is 12.7. The van der Waals surface area contributed by atoms with Crippen molar-refractivity contribution in [2.45, 2.75) is 78.5 Å². The van der Waals surface area contributed by atoms with Crippen LogP contribution in [0.3, 0.4) is 0 Å². The number of phosphoric acid groups is 1. The smallest absolute Gasteiger partial charge is 0.394 e. The number of aldehydes is 1. The maximum atomic E-state index is 13.8. The van der Waals surface area contributed by atoms with Gasteiger partial charge < -0.3 is 30.1 Å². The van der Waals surface area contributed by atoms with Crippen molar-refractivity contribution in [3.63, 3.8) is 0 Å². The molecule has 0 amide bonds. The molecule has 0 aromatic carbocycles. The number of aliphatic hydroxyl groups is 4. The van der Waals surface area contributed by atoms with Gasteiger partial charge in [0, 0.05) is 6.42 Å². The maximum Gasteiger partial charge on any atom is 0.472 e. The van der Waals surface area contributed by atoms with Gasteiger partial charge in [0.2, 0.25) is 0 Å². The number of aliphatic hydroxyl groups excluding tert-OH is 4. The quantitative estimate of drug-likeness (QED) is 0.0873. The minimum Gasteiger partial charge on any atom is -0.394 e. The van der Waals surface area contributed by atoms with Crippen molar-refractivity contribution in [2.24, 2.45) is 0 Å². The molecule has 0 fully saturated rings.